The molecule has 1 aliphatic rings. The number of hydrogen-bond donors (Lipinski definition) is 1. The van der Waals surface area contributed by atoms with Crippen LogP contribution in [0.5, 0.6) is 5.75 Å². The fraction of sp³-hybridized carbons (Fsp3) is 0.533. The number of benzene rings is 1. The van der Waals surface area contributed by atoms with Crippen molar-refractivity contribution in [3.8, 4) is 5.75 Å². The number of rotatable bonds is 2. The number of methoxy groups -OCH3 is 1. The fourth-order valence-corrected chi connectivity index (χ4v) is 3.16. The highest BCUT2D eigenvalue weighted by atomic mass is 16.5. The highest BCUT2D eigenvalue weighted by Crippen LogP contribution is 2.37. The Labute approximate surface area is 113 Å². The first-order valence-electron chi connectivity index (χ1n) is 7.01. The van der Waals surface area contributed by atoms with Crippen LogP contribution in [-0.2, 0) is 0 Å². The zero-order chi connectivity index (χ0) is 13.4. The van der Waals surface area contributed by atoms with E-state index in [1.54, 1.807) is 7.11 Å². The van der Waals surface area contributed by atoms with Gasteiger partial charge in [0.15, 0.2) is 0 Å². The van der Waals surface area contributed by atoms with Gasteiger partial charge in [0.05, 0.1) is 12.6 Å². The molecule has 0 bridgehead atoms. The number of anilines is 1. The summed E-state index contributed by atoms with van der Waals surface area (Å²) in [7, 11) is 1.67. The summed E-state index contributed by atoms with van der Waals surface area (Å²) in [6, 6.07) is 6.50. The summed E-state index contributed by atoms with van der Waals surface area (Å²) in [5, 5.41) is 0. The van der Waals surface area contributed by atoms with E-state index in [2.05, 4.69) is 22.5 Å². The molecule has 1 aliphatic carbocycles. The van der Waals surface area contributed by atoms with Crippen molar-refractivity contribution in [1.29, 1.82) is 0 Å². The van der Waals surface area contributed by atoms with Crippen LogP contribution in [0.25, 0.3) is 11.0 Å². The molecule has 0 saturated heterocycles. The average molecular weight is 259 g/mol. The summed E-state index contributed by atoms with van der Waals surface area (Å²) < 4.78 is 7.57. The predicted octanol–water partition coefficient (Wildman–Crippen LogP) is 3.38. The molecule has 1 heterocycles. The number of imidazole rings is 1. The van der Waals surface area contributed by atoms with Crippen molar-refractivity contribution in [2.24, 2.45) is 5.92 Å². The molecule has 2 aromatic rings. The third kappa shape index (κ3) is 2.05. The van der Waals surface area contributed by atoms with Crippen LogP contribution in [0.1, 0.15) is 38.6 Å². The summed E-state index contributed by atoms with van der Waals surface area (Å²) >= 11 is 0. The topological polar surface area (TPSA) is 53.1 Å². The van der Waals surface area contributed by atoms with Crippen molar-refractivity contribution in [2.75, 3.05) is 12.8 Å². The van der Waals surface area contributed by atoms with Gasteiger partial charge < -0.3 is 15.0 Å². The Morgan fingerprint density at radius 2 is 2.00 bits per heavy atom. The molecule has 1 aromatic heterocycles. The molecule has 4 heteroatoms. The second kappa shape index (κ2) is 4.76. The first kappa shape index (κ1) is 12.3. The molecule has 1 fully saturated rings. The number of nitrogens with zero attached hydrogens (tertiary/aromatic N) is 2. The normalized spacial score (nSPS) is 23.7. The highest BCUT2D eigenvalue weighted by Gasteiger charge is 2.23. The monoisotopic (exact) mass is 259 g/mol. The van der Waals surface area contributed by atoms with E-state index < -0.39 is 0 Å². The zero-order valence-electron chi connectivity index (χ0n) is 11.6. The Kier molecular flexibility index (Phi) is 3.09. The van der Waals surface area contributed by atoms with E-state index in [9.17, 15) is 0 Å². The van der Waals surface area contributed by atoms with Gasteiger partial charge in [0.25, 0.3) is 0 Å². The molecule has 1 saturated carbocycles. The number of hydrogen-bond acceptors (Lipinski definition) is 3. The van der Waals surface area contributed by atoms with Crippen LogP contribution in [0.3, 0.4) is 0 Å². The van der Waals surface area contributed by atoms with Gasteiger partial charge in [-0.3, -0.25) is 0 Å². The summed E-state index contributed by atoms with van der Waals surface area (Å²) in [5.41, 5.74) is 8.11. The van der Waals surface area contributed by atoms with Crippen LogP contribution >= 0.6 is 0 Å². The van der Waals surface area contributed by atoms with Crippen LogP contribution in [0.4, 0.5) is 5.95 Å². The number of fused-ring (bicyclic) bond motifs is 1. The van der Waals surface area contributed by atoms with Gasteiger partial charge in [0.1, 0.15) is 11.3 Å². The lowest BCUT2D eigenvalue weighted by Gasteiger charge is -2.28. The summed E-state index contributed by atoms with van der Waals surface area (Å²) in [5.74, 6) is 2.24. The second-order valence-corrected chi connectivity index (χ2v) is 5.58. The molecule has 0 unspecified atom stereocenters. The third-order valence-corrected chi connectivity index (χ3v) is 4.28. The average Bonchev–Trinajstić information content (AvgIpc) is 2.76. The smallest absolute Gasteiger partial charge is 0.201 e. The number of aromatic nitrogens is 2. The van der Waals surface area contributed by atoms with E-state index in [1.807, 2.05) is 12.1 Å². The van der Waals surface area contributed by atoms with Crippen LogP contribution in [0.2, 0.25) is 0 Å². The minimum absolute atomic E-state index is 0.480. The lowest BCUT2D eigenvalue weighted by Crippen LogP contribution is -2.18. The Balaban J connectivity index is 2.06. The molecule has 0 radical (unpaired) electrons. The third-order valence-electron chi connectivity index (χ3n) is 4.28. The van der Waals surface area contributed by atoms with Gasteiger partial charge >= 0.3 is 0 Å². The molecular weight excluding hydrogens is 238 g/mol. The Morgan fingerprint density at radius 1 is 1.26 bits per heavy atom. The highest BCUT2D eigenvalue weighted by molar-refractivity contribution is 5.84. The van der Waals surface area contributed by atoms with Crippen LogP contribution in [-0.4, -0.2) is 16.7 Å². The minimum atomic E-state index is 0.480. The fourth-order valence-electron chi connectivity index (χ4n) is 3.16. The molecule has 1 aromatic carbocycles. The summed E-state index contributed by atoms with van der Waals surface area (Å²) in [4.78, 5) is 4.49. The molecule has 19 heavy (non-hydrogen) atoms. The number of nitrogen functional groups attached to an aromatic ring is 1. The molecule has 0 amide bonds. The lowest BCUT2D eigenvalue weighted by atomic mass is 9.87. The predicted molar refractivity (Wildman–Crippen MR) is 77.4 cm³/mol. The Hall–Kier alpha value is -1.71. The summed E-state index contributed by atoms with van der Waals surface area (Å²) in [6.45, 7) is 2.33. The van der Waals surface area contributed by atoms with Gasteiger partial charge in [-0.15, -0.1) is 0 Å². The van der Waals surface area contributed by atoms with Crippen molar-refractivity contribution in [1.82, 2.24) is 9.55 Å². The van der Waals surface area contributed by atoms with E-state index in [0.29, 0.717) is 12.0 Å². The molecule has 3 rings (SSSR count). The maximum Gasteiger partial charge on any atom is 0.201 e. The Bertz CT molecular complexity index is 582. The molecule has 0 aliphatic heterocycles. The standard InChI is InChI=1S/C15H21N3O/c1-10-6-8-11(9-7-10)18-12-4-3-5-13(19-2)14(12)17-15(18)16/h3-5,10-11H,6-9H2,1-2H3,(H2,16,17). The first-order valence-corrected chi connectivity index (χ1v) is 7.01. The van der Waals surface area contributed by atoms with E-state index in [0.717, 1.165) is 22.7 Å². The van der Waals surface area contributed by atoms with Crippen LogP contribution in [0, 0.1) is 5.92 Å². The van der Waals surface area contributed by atoms with Crippen molar-refractivity contribution < 1.29 is 4.74 Å². The maximum atomic E-state index is 6.14. The van der Waals surface area contributed by atoms with Gasteiger partial charge in [0.2, 0.25) is 5.95 Å². The van der Waals surface area contributed by atoms with Gasteiger partial charge in [-0.1, -0.05) is 13.0 Å². The second-order valence-electron chi connectivity index (χ2n) is 5.58. The van der Waals surface area contributed by atoms with Gasteiger partial charge in [-0.25, -0.2) is 4.98 Å². The molecule has 102 valence electrons. The molecule has 4 nitrogen and oxygen atoms in total. The number of para-hydroxylation sites is 1. The van der Waals surface area contributed by atoms with Crippen LogP contribution < -0.4 is 10.5 Å². The van der Waals surface area contributed by atoms with Crippen molar-refractivity contribution in [3.05, 3.63) is 18.2 Å². The van der Waals surface area contributed by atoms with Crippen LogP contribution in [0.15, 0.2) is 18.2 Å². The van der Waals surface area contributed by atoms with Gasteiger partial charge in [-0.05, 0) is 43.7 Å². The summed E-state index contributed by atoms with van der Waals surface area (Å²) in [6.07, 6.45) is 4.92. The molecule has 2 N–H and O–H groups in total. The molecule has 0 atom stereocenters. The maximum absolute atomic E-state index is 6.14. The van der Waals surface area contributed by atoms with Crippen molar-refractivity contribution in [3.63, 3.8) is 0 Å². The SMILES string of the molecule is COc1cccc2c1nc(N)n2C1CCC(C)CC1. The van der Waals surface area contributed by atoms with E-state index in [-0.39, 0.29) is 0 Å². The minimum Gasteiger partial charge on any atom is -0.494 e. The van der Waals surface area contributed by atoms with Crippen molar-refractivity contribution in [2.45, 2.75) is 38.6 Å². The lowest BCUT2D eigenvalue weighted by molar-refractivity contribution is 0.296. The number of ether oxygens (including phenoxy) is 1. The van der Waals surface area contributed by atoms with E-state index >= 15 is 0 Å². The largest absolute Gasteiger partial charge is 0.494 e. The first-order chi connectivity index (χ1) is 9.20. The van der Waals surface area contributed by atoms with Gasteiger partial charge in [-0.2, -0.15) is 0 Å². The molecular formula is C15H21N3O. The molecule has 0 spiro atoms. The number of nitrogens with two attached hydrogens (primary N) is 1. The quantitative estimate of drug-likeness (QED) is 0.899. The zero-order valence-corrected chi connectivity index (χ0v) is 11.6. The van der Waals surface area contributed by atoms with E-state index in [1.165, 1.54) is 25.7 Å². The van der Waals surface area contributed by atoms with Crippen molar-refractivity contribution >= 4 is 17.0 Å². The van der Waals surface area contributed by atoms with E-state index in [4.69, 9.17) is 10.5 Å². The Morgan fingerprint density at radius 3 is 2.68 bits per heavy atom. The van der Waals surface area contributed by atoms with Gasteiger partial charge in [0, 0.05) is 6.04 Å².